The Morgan fingerprint density at radius 1 is 1.27 bits per heavy atom. The van der Waals surface area contributed by atoms with Crippen LogP contribution in [0.2, 0.25) is 0 Å². The highest BCUT2D eigenvalue weighted by molar-refractivity contribution is 14.1. The summed E-state index contributed by atoms with van der Waals surface area (Å²) in [7, 11) is 1.26. The third kappa shape index (κ3) is 8.63. The summed E-state index contributed by atoms with van der Waals surface area (Å²) < 4.78 is 22.8. The minimum absolute atomic E-state index is 0.419. The highest BCUT2D eigenvalue weighted by Gasteiger charge is 2.22. The largest absolute Gasteiger partial charge is 0.331 e. The number of hydrogen-bond acceptors (Lipinski definition) is 4. The Labute approximate surface area is 106 Å². The van der Waals surface area contributed by atoms with Crippen molar-refractivity contribution in [3.05, 3.63) is 0 Å². The maximum absolute atomic E-state index is 12.0. The van der Waals surface area contributed by atoms with Crippen molar-refractivity contribution in [2.75, 3.05) is 38.0 Å². The van der Waals surface area contributed by atoms with Crippen molar-refractivity contribution in [3.8, 4) is 0 Å². The monoisotopic (exact) mass is 349 g/mol. The molecule has 0 aliphatic heterocycles. The number of rotatable bonds is 9. The molecular formula is C9H21INO3P. The van der Waals surface area contributed by atoms with Gasteiger partial charge in [-0.2, -0.15) is 0 Å². The Morgan fingerprint density at radius 3 is 2.40 bits per heavy atom. The summed E-state index contributed by atoms with van der Waals surface area (Å²) in [5, 5.41) is 0. The second-order valence-electron chi connectivity index (χ2n) is 3.50. The molecule has 0 N–H and O–H groups in total. The lowest BCUT2D eigenvalue weighted by Crippen LogP contribution is -2.13. The molecule has 0 rings (SSSR count). The molecule has 0 saturated heterocycles. The van der Waals surface area contributed by atoms with Crippen molar-refractivity contribution >= 4 is 30.2 Å². The predicted octanol–water partition coefficient (Wildman–Crippen LogP) is 2.97. The van der Waals surface area contributed by atoms with E-state index in [9.17, 15) is 4.57 Å². The van der Waals surface area contributed by atoms with Crippen molar-refractivity contribution in [1.29, 1.82) is 0 Å². The van der Waals surface area contributed by atoms with Crippen LogP contribution in [-0.4, -0.2) is 42.9 Å². The molecule has 0 amide bonds. The molecule has 6 heteroatoms. The molecule has 0 fully saturated rings. The van der Waals surface area contributed by atoms with E-state index in [4.69, 9.17) is 9.05 Å². The van der Waals surface area contributed by atoms with Crippen molar-refractivity contribution in [3.63, 3.8) is 0 Å². The van der Waals surface area contributed by atoms with E-state index in [1.54, 1.807) is 0 Å². The standard InChI is InChI=1S/C9H21INO3P/c1-4-13-15(12,14-9-10)8-6-5-7-11(2)3/h4-9H2,1-3H3. The summed E-state index contributed by atoms with van der Waals surface area (Å²) in [5.41, 5.74) is 0. The highest BCUT2D eigenvalue weighted by atomic mass is 127. The summed E-state index contributed by atoms with van der Waals surface area (Å²) in [4.78, 5) is 2.12. The van der Waals surface area contributed by atoms with Crippen molar-refractivity contribution in [1.82, 2.24) is 4.90 Å². The maximum atomic E-state index is 12.0. The van der Waals surface area contributed by atoms with E-state index in [0.717, 1.165) is 19.4 Å². The van der Waals surface area contributed by atoms with Gasteiger partial charge in [0, 0.05) is 0 Å². The molecule has 0 radical (unpaired) electrons. The molecule has 0 aromatic heterocycles. The molecular weight excluding hydrogens is 328 g/mol. The molecule has 1 atom stereocenters. The number of halogens is 1. The zero-order valence-electron chi connectivity index (χ0n) is 9.74. The van der Waals surface area contributed by atoms with Gasteiger partial charge in [0.1, 0.15) is 4.61 Å². The number of hydrogen-bond donors (Lipinski definition) is 0. The fraction of sp³-hybridized carbons (Fsp3) is 1.00. The van der Waals surface area contributed by atoms with E-state index in [-0.39, 0.29) is 0 Å². The van der Waals surface area contributed by atoms with Crippen molar-refractivity contribution < 1.29 is 13.6 Å². The van der Waals surface area contributed by atoms with Crippen LogP contribution in [0.5, 0.6) is 0 Å². The normalized spacial score (nSPS) is 15.5. The van der Waals surface area contributed by atoms with Gasteiger partial charge >= 0.3 is 7.60 Å². The first-order valence-electron chi connectivity index (χ1n) is 5.13. The maximum Gasteiger partial charge on any atom is 0.331 e. The zero-order chi connectivity index (χ0) is 11.7. The molecule has 0 aromatic rings. The van der Waals surface area contributed by atoms with Gasteiger partial charge in [-0.1, -0.05) is 22.6 Å². The first-order valence-corrected chi connectivity index (χ1v) is 8.38. The number of alkyl halides is 1. The molecule has 15 heavy (non-hydrogen) atoms. The third-order valence-electron chi connectivity index (χ3n) is 1.86. The fourth-order valence-electron chi connectivity index (χ4n) is 1.17. The second kappa shape index (κ2) is 8.93. The number of nitrogens with zero attached hydrogens (tertiary/aromatic N) is 1. The van der Waals surface area contributed by atoms with Gasteiger partial charge in [0.25, 0.3) is 0 Å². The lowest BCUT2D eigenvalue weighted by molar-refractivity contribution is 0.240. The molecule has 4 nitrogen and oxygen atoms in total. The Bertz CT molecular complexity index is 192. The Balaban J connectivity index is 3.80. The molecule has 1 unspecified atom stereocenters. The van der Waals surface area contributed by atoms with Crippen LogP contribution < -0.4 is 0 Å². The summed E-state index contributed by atoms with van der Waals surface area (Å²) in [6.45, 7) is 3.29. The SMILES string of the molecule is CCOP(=O)(CCCCN(C)C)OCI. The van der Waals surface area contributed by atoms with Crippen LogP contribution in [0.1, 0.15) is 19.8 Å². The third-order valence-corrected chi connectivity index (χ3v) is 4.70. The van der Waals surface area contributed by atoms with Crippen LogP contribution in [0.4, 0.5) is 0 Å². The number of unbranched alkanes of at least 4 members (excludes halogenated alkanes) is 1. The Kier molecular flexibility index (Phi) is 9.43. The molecule has 0 bridgehead atoms. The van der Waals surface area contributed by atoms with Crippen LogP contribution in [-0.2, 0) is 13.6 Å². The Morgan fingerprint density at radius 2 is 1.93 bits per heavy atom. The van der Waals surface area contributed by atoms with E-state index >= 15 is 0 Å². The van der Waals surface area contributed by atoms with E-state index in [2.05, 4.69) is 4.90 Å². The molecule has 92 valence electrons. The summed E-state index contributed by atoms with van der Waals surface area (Å²) >= 11 is 2.04. The smallest absolute Gasteiger partial charge is 0.309 e. The van der Waals surface area contributed by atoms with Gasteiger partial charge in [0.2, 0.25) is 0 Å². The van der Waals surface area contributed by atoms with Gasteiger partial charge in [-0.05, 0) is 40.4 Å². The van der Waals surface area contributed by atoms with Gasteiger partial charge in [-0.25, -0.2) is 0 Å². The topological polar surface area (TPSA) is 38.8 Å². The molecule has 0 aliphatic carbocycles. The van der Waals surface area contributed by atoms with E-state index < -0.39 is 7.60 Å². The van der Waals surface area contributed by atoms with Crippen LogP contribution in [0.3, 0.4) is 0 Å². The first-order chi connectivity index (χ1) is 7.04. The van der Waals surface area contributed by atoms with Gasteiger partial charge in [0.15, 0.2) is 0 Å². The molecule has 0 aromatic carbocycles. The van der Waals surface area contributed by atoms with Crippen LogP contribution in [0.15, 0.2) is 0 Å². The lowest BCUT2D eigenvalue weighted by Gasteiger charge is -2.16. The van der Waals surface area contributed by atoms with E-state index in [0.29, 0.717) is 17.4 Å². The minimum atomic E-state index is -2.81. The van der Waals surface area contributed by atoms with Crippen LogP contribution in [0, 0.1) is 0 Å². The molecule has 0 spiro atoms. The molecule has 0 aliphatic rings. The highest BCUT2D eigenvalue weighted by Crippen LogP contribution is 2.49. The minimum Gasteiger partial charge on any atom is -0.309 e. The van der Waals surface area contributed by atoms with Crippen molar-refractivity contribution in [2.24, 2.45) is 0 Å². The summed E-state index contributed by atoms with van der Waals surface area (Å²) in [6, 6.07) is 0. The lowest BCUT2D eigenvalue weighted by atomic mass is 10.3. The second-order valence-corrected chi connectivity index (χ2v) is 6.31. The van der Waals surface area contributed by atoms with Gasteiger partial charge < -0.3 is 9.42 Å². The van der Waals surface area contributed by atoms with Gasteiger partial charge in [0.05, 0.1) is 12.8 Å². The predicted molar refractivity (Wildman–Crippen MR) is 71.9 cm³/mol. The summed E-state index contributed by atoms with van der Waals surface area (Å²) in [6.07, 6.45) is 2.43. The Hall–Kier alpha value is 0.840. The van der Waals surface area contributed by atoms with Crippen LogP contribution in [0.25, 0.3) is 0 Å². The van der Waals surface area contributed by atoms with Gasteiger partial charge in [-0.15, -0.1) is 0 Å². The average Bonchev–Trinajstić information content (AvgIpc) is 2.13. The van der Waals surface area contributed by atoms with Crippen LogP contribution >= 0.6 is 30.2 Å². The zero-order valence-corrected chi connectivity index (χ0v) is 12.8. The van der Waals surface area contributed by atoms with E-state index in [1.165, 1.54) is 0 Å². The first kappa shape index (κ1) is 15.8. The van der Waals surface area contributed by atoms with Crippen molar-refractivity contribution in [2.45, 2.75) is 19.8 Å². The molecule has 0 heterocycles. The fourth-order valence-corrected chi connectivity index (χ4v) is 3.93. The summed E-state index contributed by atoms with van der Waals surface area (Å²) in [5.74, 6) is 0. The van der Waals surface area contributed by atoms with E-state index in [1.807, 2.05) is 43.6 Å². The average molecular weight is 349 g/mol. The quantitative estimate of drug-likeness (QED) is 0.278. The molecule has 0 saturated carbocycles. The van der Waals surface area contributed by atoms with Gasteiger partial charge in [-0.3, -0.25) is 9.09 Å².